The third-order valence-electron chi connectivity index (χ3n) is 3.80. The molecule has 0 aromatic heterocycles. The van der Waals surface area contributed by atoms with Gasteiger partial charge >= 0.3 is 0 Å². The number of carbonyl (C=O) groups excluding carboxylic acids is 1. The van der Waals surface area contributed by atoms with Gasteiger partial charge in [-0.3, -0.25) is 9.69 Å². The maximum Gasteiger partial charge on any atom is 0.259 e. The molecule has 0 spiro atoms. The summed E-state index contributed by atoms with van der Waals surface area (Å²) in [5.41, 5.74) is 2.97. The van der Waals surface area contributed by atoms with E-state index < -0.39 is 0 Å². The molecule has 1 aliphatic rings. The van der Waals surface area contributed by atoms with Gasteiger partial charge in [0.05, 0.1) is 17.3 Å². The fraction of sp³-hybridized carbons (Fsp3) is 0.211. The second kappa shape index (κ2) is 7.33. The zero-order chi connectivity index (χ0) is 16.9. The average molecular weight is 335 g/mol. The molecule has 2 aromatic rings. The van der Waals surface area contributed by atoms with E-state index in [-0.39, 0.29) is 5.91 Å². The van der Waals surface area contributed by atoms with E-state index in [4.69, 9.17) is 10.3 Å². The van der Waals surface area contributed by atoms with Crippen molar-refractivity contribution in [3.05, 3.63) is 65.2 Å². The summed E-state index contributed by atoms with van der Waals surface area (Å²) in [7, 11) is 0. The number of aryl methyl sites for hydroxylation is 1. The van der Waals surface area contributed by atoms with Crippen molar-refractivity contribution in [1.29, 1.82) is 5.26 Å². The van der Waals surface area contributed by atoms with Gasteiger partial charge in [-0.05, 0) is 43.2 Å². The highest BCUT2D eigenvalue weighted by atomic mass is 32.2. The molecule has 1 amide bonds. The number of hydrogen-bond acceptors (Lipinski definition) is 4. The van der Waals surface area contributed by atoms with Gasteiger partial charge in [0.2, 0.25) is 0 Å². The monoisotopic (exact) mass is 335 g/mol. The zero-order valence-corrected chi connectivity index (χ0v) is 14.2. The number of thioether (sulfide) groups is 1. The Balaban J connectivity index is 1.93. The van der Waals surface area contributed by atoms with Crippen molar-refractivity contribution < 1.29 is 4.79 Å². The summed E-state index contributed by atoms with van der Waals surface area (Å²) >= 11 is 1.60. The number of para-hydroxylation sites is 1. The van der Waals surface area contributed by atoms with Gasteiger partial charge in [-0.1, -0.05) is 36.0 Å². The van der Waals surface area contributed by atoms with Gasteiger partial charge in [-0.15, -0.1) is 0 Å². The molecule has 0 bridgehead atoms. The largest absolute Gasteiger partial charge is 0.287 e. The Kier molecular flexibility index (Phi) is 4.97. The Bertz CT molecular complexity index is 839. The first-order chi connectivity index (χ1) is 11.7. The topological polar surface area (TPSA) is 56.5 Å². The highest BCUT2D eigenvalue weighted by molar-refractivity contribution is 8.13. The lowest BCUT2D eigenvalue weighted by Gasteiger charge is -2.28. The summed E-state index contributed by atoms with van der Waals surface area (Å²) in [5.74, 6) is 0.846. The average Bonchev–Trinajstić information content (AvgIpc) is 2.63. The molecular weight excluding hydrogens is 318 g/mol. The first-order valence-corrected chi connectivity index (χ1v) is 8.77. The molecule has 5 heteroatoms. The van der Waals surface area contributed by atoms with Crippen LogP contribution in [0.15, 0.2) is 53.5 Å². The molecular formula is C19H17N3OS. The van der Waals surface area contributed by atoms with Crippen molar-refractivity contribution in [3.63, 3.8) is 0 Å². The fourth-order valence-electron chi connectivity index (χ4n) is 2.51. The van der Waals surface area contributed by atoms with Crippen LogP contribution in [0.1, 0.15) is 27.9 Å². The molecule has 0 aliphatic carbocycles. The summed E-state index contributed by atoms with van der Waals surface area (Å²) in [5, 5.41) is 9.75. The summed E-state index contributed by atoms with van der Waals surface area (Å²) in [6, 6.07) is 16.8. The van der Waals surface area contributed by atoms with E-state index in [0.29, 0.717) is 17.7 Å². The van der Waals surface area contributed by atoms with E-state index in [9.17, 15) is 4.79 Å². The molecule has 24 heavy (non-hydrogen) atoms. The predicted octanol–water partition coefficient (Wildman–Crippen LogP) is 4.13. The van der Waals surface area contributed by atoms with Crippen LogP contribution < -0.4 is 0 Å². The molecule has 0 saturated carbocycles. The summed E-state index contributed by atoms with van der Waals surface area (Å²) in [4.78, 5) is 19.3. The van der Waals surface area contributed by atoms with Crippen LogP contribution in [-0.2, 0) is 0 Å². The van der Waals surface area contributed by atoms with Crippen molar-refractivity contribution in [2.24, 2.45) is 4.99 Å². The van der Waals surface area contributed by atoms with Crippen LogP contribution in [0.2, 0.25) is 0 Å². The van der Waals surface area contributed by atoms with Crippen LogP contribution in [0, 0.1) is 18.3 Å². The number of nitrogens with zero attached hydrogens (tertiary/aromatic N) is 3. The number of aliphatic imine (C=N–C) groups is 1. The Labute approximate surface area is 145 Å². The van der Waals surface area contributed by atoms with Crippen LogP contribution in [0.25, 0.3) is 0 Å². The number of nitriles is 1. The van der Waals surface area contributed by atoms with Gasteiger partial charge in [0.25, 0.3) is 5.91 Å². The molecule has 4 nitrogen and oxygen atoms in total. The summed E-state index contributed by atoms with van der Waals surface area (Å²) < 4.78 is 0. The highest BCUT2D eigenvalue weighted by Crippen LogP contribution is 2.26. The molecule has 0 N–H and O–H groups in total. The standard InChI is InChI=1S/C19H17N3OS/c1-14-6-2-3-9-17(14)21-19-22(10-5-11-24-19)18(23)16-8-4-7-15(12-16)13-20/h2-4,6-9,12H,5,10-11H2,1H3. The second-order valence-corrected chi connectivity index (χ2v) is 6.59. The van der Waals surface area contributed by atoms with E-state index in [1.807, 2.05) is 31.2 Å². The molecule has 1 heterocycles. The first-order valence-electron chi connectivity index (χ1n) is 7.78. The molecule has 0 unspecified atom stereocenters. The fourth-order valence-corrected chi connectivity index (χ4v) is 3.46. The minimum atomic E-state index is -0.105. The van der Waals surface area contributed by atoms with Crippen molar-refractivity contribution in [2.45, 2.75) is 13.3 Å². The molecule has 2 aromatic carbocycles. The lowest BCUT2D eigenvalue weighted by molar-refractivity contribution is 0.0849. The van der Waals surface area contributed by atoms with Crippen molar-refractivity contribution in [2.75, 3.05) is 12.3 Å². The van der Waals surface area contributed by atoms with Gasteiger partial charge in [0.1, 0.15) is 0 Å². The van der Waals surface area contributed by atoms with Gasteiger partial charge in [0, 0.05) is 17.9 Å². The van der Waals surface area contributed by atoms with Crippen molar-refractivity contribution in [1.82, 2.24) is 4.90 Å². The van der Waals surface area contributed by atoms with Crippen molar-refractivity contribution in [3.8, 4) is 6.07 Å². The lowest BCUT2D eigenvalue weighted by Crippen LogP contribution is -2.39. The smallest absolute Gasteiger partial charge is 0.259 e. The number of amides is 1. The van der Waals surface area contributed by atoms with Crippen LogP contribution in [0.3, 0.4) is 0 Å². The van der Waals surface area contributed by atoms with Crippen LogP contribution >= 0.6 is 11.8 Å². The Morgan fingerprint density at radius 2 is 2.08 bits per heavy atom. The lowest BCUT2D eigenvalue weighted by atomic mass is 10.1. The second-order valence-electron chi connectivity index (χ2n) is 5.53. The van der Waals surface area contributed by atoms with Gasteiger partial charge in [0.15, 0.2) is 5.17 Å². The van der Waals surface area contributed by atoms with Gasteiger partial charge < -0.3 is 0 Å². The molecule has 0 radical (unpaired) electrons. The number of hydrogen-bond donors (Lipinski definition) is 0. The van der Waals surface area contributed by atoms with E-state index >= 15 is 0 Å². The number of amidine groups is 1. The first kappa shape index (κ1) is 16.3. The normalized spacial score (nSPS) is 16.0. The van der Waals surface area contributed by atoms with Crippen LogP contribution in [0.4, 0.5) is 5.69 Å². The third-order valence-corrected chi connectivity index (χ3v) is 4.87. The number of rotatable bonds is 2. The minimum Gasteiger partial charge on any atom is -0.287 e. The third kappa shape index (κ3) is 3.50. The molecule has 1 aliphatic heterocycles. The zero-order valence-electron chi connectivity index (χ0n) is 13.4. The Hall–Kier alpha value is -2.58. The number of benzene rings is 2. The molecule has 120 valence electrons. The van der Waals surface area contributed by atoms with Gasteiger partial charge in [-0.25, -0.2) is 4.99 Å². The Morgan fingerprint density at radius 1 is 1.25 bits per heavy atom. The molecule has 1 fully saturated rings. The molecule has 0 atom stereocenters. The van der Waals surface area contributed by atoms with Crippen LogP contribution in [-0.4, -0.2) is 28.3 Å². The van der Waals surface area contributed by atoms with E-state index in [1.165, 1.54) is 0 Å². The van der Waals surface area contributed by atoms with Crippen LogP contribution in [0.5, 0.6) is 0 Å². The number of carbonyl (C=O) groups is 1. The molecule has 1 saturated heterocycles. The SMILES string of the molecule is Cc1ccccc1N=C1SCCCN1C(=O)c1cccc(C#N)c1. The quantitative estimate of drug-likeness (QED) is 0.829. The van der Waals surface area contributed by atoms with Gasteiger partial charge in [-0.2, -0.15) is 5.26 Å². The van der Waals surface area contributed by atoms with Crippen molar-refractivity contribution >= 4 is 28.5 Å². The van der Waals surface area contributed by atoms with E-state index in [2.05, 4.69) is 6.07 Å². The predicted molar refractivity (Wildman–Crippen MR) is 97.5 cm³/mol. The Morgan fingerprint density at radius 3 is 2.88 bits per heavy atom. The maximum absolute atomic E-state index is 12.9. The minimum absolute atomic E-state index is 0.105. The van der Waals surface area contributed by atoms with E-state index in [1.54, 1.807) is 40.9 Å². The summed E-state index contributed by atoms with van der Waals surface area (Å²) in [6.45, 7) is 2.66. The molecule has 3 rings (SSSR count). The summed E-state index contributed by atoms with van der Waals surface area (Å²) in [6.07, 6.45) is 0.932. The maximum atomic E-state index is 12.9. The van der Waals surface area contributed by atoms with E-state index in [0.717, 1.165) is 28.6 Å². The highest BCUT2D eigenvalue weighted by Gasteiger charge is 2.25.